The lowest BCUT2D eigenvalue weighted by atomic mass is 10.1. The number of hydrogen-bond acceptors (Lipinski definition) is 4. The van der Waals surface area contributed by atoms with E-state index >= 15 is 0 Å². The van der Waals surface area contributed by atoms with Crippen molar-refractivity contribution in [1.29, 1.82) is 0 Å². The molecule has 1 saturated carbocycles. The Morgan fingerprint density at radius 1 is 1.00 bits per heavy atom. The predicted molar refractivity (Wildman–Crippen MR) is 84.7 cm³/mol. The SMILES string of the molecule is O=C(NC[C@@H](NC(=O)c1ccc(F)cn1)C1CC1)c1ccc(F)cn1. The Bertz CT molecular complexity index is 761. The average Bonchev–Trinajstić information content (AvgIpc) is 3.44. The third-order valence-electron chi connectivity index (χ3n) is 3.91. The molecule has 2 N–H and O–H groups in total. The van der Waals surface area contributed by atoms with Gasteiger partial charge in [-0.25, -0.2) is 18.7 Å². The topological polar surface area (TPSA) is 84.0 Å². The maximum atomic E-state index is 12.9. The molecule has 0 radical (unpaired) electrons. The van der Waals surface area contributed by atoms with Crippen LogP contribution in [0.5, 0.6) is 0 Å². The number of amides is 2. The van der Waals surface area contributed by atoms with E-state index in [1.807, 2.05) is 0 Å². The first kappa shape index (κ1) is 16.9. The van der Waals surface area contributed by atoms with Crippen molar-refractivity contribution in [2.45, 2.75) is 18.9 Å². The van der Waals surface area contributed by atoms with Gasteiger partial charge in [0.25, 0.3) is 11.8 Å². The van der Waals surface area contributed by atoms with Gasteiger partial charge in [-0.15, -0.1) is 0 Å². The van der Waals surface area contributed by atoms with Crippen molar-refractivity contribution < 1.29 is 18.4 Å². The average molecular weight is 346 g/mol. The smallest absolute Gasteiger partial charge is 0.270 e. The summed E-state index contributed by atoms with van der Waals surface area (Å²) in [4.78, 5) is 31.7. The molecule has 6 nitrogen and oxygen atoms in total. The number of pyridine rings is 2. The van der Waals surface area contributed by atoms with Gasteiger partial charge in [-0.1, -0.05) is 0 Å². The van der Waals surface area contributed by atoms with Gasteiger partial charge in [0.1, 0.15) is 23.0 Å². The van der Waals surface area contributed by atoms with Crippen molar-refractivity contribution >= 4 is 11.8 Å². The van der Waals surface area contributed by atoms with Crippen LogP contribution in [-0.2, 0) is 0 Å². The van der Waals surface area contributed by atoms with E-state index in [2.05, 4.69) is 20.6 Å². The van der Waals surface area contributed by atoms with Crippen molar-refractivity contribution in [1.82, 2.24) is 20.6 Å². The molecule has 2 aromatic heterocycles. The highest BCUT2D eigenvalue weighted by Gasteiger charge is 2.33. The second-order valence-corrected chi connectivity index (χ2v) is 5.85. The minimum atomic E-state index is -0.522. The lowest BCUT2D eigenvalue weighted by Gasteiger charge is -2.18. The first-order valence-electron chi connectivity index (χ1n) is 7.85. The summed E-state index contributed by atoms with van der Waals surface area (Å²) in [5.74, 6) is -1.64. The molecule has 0 unspecified atom stereocenters. The fourth-order valence-electron chi connectivity index (χ4n) is 2.39. The standard InChI is InChI=1S/C17H16F2N4O2/c18-11-3-5-13(20-7-11)16(24)22-9-15(10-1-2-10)23-17(25)14-6-4-12(19)8-21-14/h3-8,10,15H,1-2,9H2,(H,22,24)(H,23,25)/t15-/m1/s1. The van der Waals surface area contributed by atoms with Crippen LogP contribution in [0.15, 0.2) is 36.7 Å². The Balaban J connectivity index is 1.58. The maximum Gasteiger partial charge on any atom is 0.270 e. The molecule has 2 amide bonds. The lowest BCUT2D eigenvalue weighted by molar-refractivity contribution is 0.0898. The van der Waals surface area contributed by atoms with Crippen molar-refractivity contribution in [2.24, 2.45) is 5.92 Å². The monoisotopic (exact) mass is 346 g/mol. The first-order valence-corrected chi connectivity index (χ1v) is 7.85. The van der Waals surface area contributed by atoms with Crippen LogP contribution < -0.4 is 10.6 Å². The molecular formula is C17H16F2N4O2. The number of nitrogens with one attached hydrogen (secondary N) is 2. The van der Waals surface area contributed by atoms with Gasteiger partial charge >= 0.3 is 0 Å². The van der Waals surface area contributed by atoms with Gasteiger partial charge in [0.15, 0.2) is 0 Å². The highest BCUT2D eigenvalue weighted by Crippen LogP contribution is 2.32. The van der Waals surface area contributed by atoms with Gasteiger partial charge in [-0.2, -0.15) is 0 Å². The van der Waals surface area contributed by atoms with E-state index in [1.54, 1.807) is 0 Å². The molecule has 0 bridgehead atoms. The number of nitrogens with zero attached hydrogens (tertiary/aromatic N) is 2. The largest absolute Gasteiger partial charge is 0.349 e. The summed E-state index contributed by atoms with van der Waals surface area (Å²) in [6.07, 6.45) is 3.84. The van der Waals surface area contributed by atoms with E-state index < -0.39 is 23.4 Å². The third-order valence-corrected chi connectivity index (χ3v) is 3.91. The zero-order chi connectivity index (χ0) is 17.8. The molecule has 8 heteroatoms. The number of rotatable bonds is 6. The molecule has 0 spiro atoms. The van der Waals surface area contributed by atoms with Crippen LogP contribution in [0.25, 0.3) is 0 Å². The molecule has 3 rings (SSSR count). The van der Waals surface area contributed by atoms with E-state index in [9.17, 15) is 18.4 Å². The Labute approximate surface area is 142 Å². The molecular weight excluding hydrogens is 330 g/mol. The zero-order valence-corrected chi connectivity index (χ0v) is 13.2. The van der Waals surface area contributed by atoms with Gasteiger partial charge in [0.05, 0.1) is 12.4 Å². The molecule has 1 atom stereocenters. The van der Waals surface area contributed by atoms with Crippen LogP contribution in [0.3, 0.4) is 0 Å². The van der Waals surface area contributed by atoms with E-state index in [0.29, 0.717) is 0 Å². The number of aromatic nitrogens is 2. The molecule has 1 aliphatic rings. The summed E-state index contributed by atoms with van der Waals surface area (Å²) in [5, 5.41) is 5.50. The summed E-state index contributed by atoms with van der Waals surface area (Å²) >= 11 is 0. The number of halogens is 2. The predicted octanol–water partition coefficient (Wildman–Crippen LogP) is 1.69. The quantitative estimate of drug-likeness (QED) is 0.834. The number of carbonyl (C=O) groups excluding carboxylic acids is 2. The van der Waals surface area contributed by atoms with E-state index in [4.69, 9.17) is 0 Å². The van der Waals surface area contributed by atoms with Crippen molar-refractivity contribution in [2.75, 3.05) is 6.54 Å². The molecule has 0 aromatic carbocycles. The third kappa shape index (κ3) is 4.56. The van der Waals surface area contributed by atoms with Crippen LogP contribution >= 0.6 is 0 Å². The highest BCUT2D eigenvalue weighted by atomic mass is 19.1. The summed E-state index contributed by atoms with van der Waals surface area (Å²) in [5.41, 5.74) is 0.209. The fraction of sp³-hybridized carbons (Fsp3) is 0.294. The van der Waals surface area contributed by atoms with Gasteiger partial charge in [-0.05, 0) is 43.0 Å². The zero-order valence-electron chi connectivity index (χ0n) is 13.2. The van der Waals surface area contributed by atoms with E-state index in [0.717, 1.165) is 37.4 Å². The Kier molecular flexibility index (Phi) is 4.97. The molecule has 0 aliphatic heterocycles. The summed E-state index contributed by atoms with van der Waals surface area (Å²) in [6.45, 7) is 0.218. The fourth-order valence-corrected chi connectivity index (χ4v) is 2.39. The van der Waals surface area contributed by atoms with Crippen LogP contribution in [-0.4, -0.2) is 34.4 Å². The van der Waals surface area contributed by atoms with Gasteiger partial charge in [0, 0.05) is 12.6 Å². The van der Waals surface area contributed by atoms with Crippen molar-refractivity contribution in [3.05, 3.63) is 59.7 Å². The second kappa shape index (κ2) is 7.33. The number of hydrogen-bond donors (Lipinski definition) is 2. The number of carbonyl (C=O) groups is 2. The van der Waals surface area contributed by atoms with Crippen LogP contribution in [0, 0.1) is 17.6 Å². The maximum absolute atomic E-state index is 12.9. The minimum Gasteiger partial charge on any atom is -0.349 e. The van der Waals surface area contributed by atoms with Crippen molar-refractivity contribution in [3.8, 4) is 0 Å². The minimum absolute atomic E-state index is 0.0995. The molecule has 1 aliphatic carbocycles. The van der Waals surface area contributed by atoms with E-state index in [1.165, 1.54) is 12.1 Å². The summed E-state index contributed by atoms with van der Waals surface area (Å²) < 4.78 is 25.7. The van der Waals surface area contributed by atoms with Crippen LogP contribution in [0.2, 0.25) is 0 Å². The van der Waals surface area contributed by atoms with Crippen LogP contribution in [0.4, 0.5) is 8.78 Å². The highest BCUT2D eigenvalue weighted by molar-refractivity contribution is 5.93. The van der Waals surface area contributed by atoms with Gasteiger partial charge < -0.3 is 10.6 Å². The van der Waals surface area contributed by atoms with Gasteiger partial charge in [0.2, 0.25) is 0 Å². The lowest BCUT2D eigenvalue weighted by Crippen LogP contribution is -2.45. The summed E-state index contributed by atoms with van der Waals surface area (Å²) in [6, 6.07) is 4.65. The van der Waals surface area contributed by atoms with E-state index in [-0.39, 0.29) is 29.9 Å². The molecule has 2 aromatic rings. The van der Waals surface area contributed by atoms with Crippen molar-refractivity contribution in [3.63, 3.8) is 0 Å². The molecule has 1 fully saturated rings. The molecule has 2 heterocycles. The Hall–Kier alpha value is -2.90. The first-order chi connectivity index (χ1) is 12.0. The van der Waals surface area contributed by atoms with Gasteiger partial charge in [-0.3, -0.25) is 9.59 Å². The molecule has 130 valence electrons. The van der Waals surface area contributed by atoms with Crippen LogP contribution in [0.1, 0.15) is 33.8 Å². The molecule has 0 saturated heterocycles. The normalized spacial score (nSPS) is 14.6. The Morgan fingerprint density at radius 3 is 2.04 bits per heavy atom. The summed E-state index contributed by atoms with van der Waals surface area (Å²) in [7, 11) is 0. The molecule has 25 heavy (non-hydrogen) atoms. The second-order valence-electron chi connectivity index (χ2n) is 5.85. The Morgan fingerprint density at radius 2 is 1.56 bits per heavy atom.